The van der Waals surface area contributed by atoms with Crippen LogP contribution in [0, 0.1) is 0 Å². The summed E-state index contributed by atoms with van der Waals surface area (Å²) in [6, 6.07) is 5.65. The van der Waals surface area contributed by atoms with Gasteiger partial charge in [0.25, 0.3) is 5.91 Å². The Labute approximate surface area is 129 Å². The van der Waals surface area contributed by atoms with Crippen molar-refractivity contribution in [3.63, 3.8) is 0 Å². The number of furan rings is 1. The van der Waals surface area contributed by atoms with Gasteiger partial charge in [0.2, 0.25) is 0 Å². The zero-order valence-electron chi connectivity index (χ0n) is 12.4. The van der Waals surface area contributed by atoms with E-state index in [1.807, 2.05) is 12.1 Å². The molecule has 2 aromatic heterocycles. The van der Waals surface area contributed by atoms with E-state index in [0.717, 1.165) is 18.6 Å². The van der Waals surface area contributed by atoms with Crippen LogP contribution in [0.2, 0.25) is 0 Å². The fraction of sp³-hybridized carbons (Fsp3) is 0.438. The van der Waals surface area contributed by atoms with Gasteiger partial charge in [-0.15, -0.1) is 0 Å². The van der Waals surface area contributed by atoms with E-state index < -0.39 is 0 Å². The van der Waals surface area contributed by atoms with Crippen LogP contribution in [0.4, 0.5) is 5.82 Å². The molecule has 6 nitrogen and oxygen atoms in total. The molecule has 0 bridgehead atoms. The van der Waals surface area contributed by atoms with E-state index in [1.165, 1.54) is 25.6 Å². The van der Waals surface area contributed by atoms with Crippen LogP contribution in [0.3, 0.4) is 0 Å². The summed E-state index contributed by atoms with van der Waals surface area (Å²) in [6.07, 6.45) is 8.78. The predicted octanol–water partition coefficient (Wildman–Crippen LogP) is 2.74. The van der Waals surface area contributed by atoms with E-state index in [0.29, 0.717) is 18.1 Å². The van der Waals surface area contributed by atoms with Gasteiger partial charge in [0.1, 0.15) is 23.6 Å². The fourth-order valence-corrected chi connectivity index (χ4v) is 2.68. The highest BCUT2D eigenvalue weighted by Gasteiger charge is 2.17. The summed E-state index contributed by atoms with van der Waals surface area (Å²) in [6.45, 7) is 0.522. The van der Waals surface area contributed by atoms with Crippen molar-refractivity contribution in [2.75, 3.05) is 5.32 Å². The largest absolute Gasteiger partial charge is 0.467 e. The molecule has 1 saturated carbocycles. The van der Waals surface area contributed by atoms with Gasteiger partial charge < -0.3 is 15.1 Å². The Morgan fingerprint density at radius 2 is 2.14 bits per heavy atom. The number of carbonyl (C=O) groups is 1. The molecular formula is C16H20N4O2. The number of nitrogens with zero attached hydrogens (tertiary/aromatic N) is 2. The van der Waals surface area contributed by atoms with Crippen molar-refractivity contribution in [3.05, 3.63) is 42.2 Å². The van der Waals surface area contributed by atoms with Crippen LogP contribution < -0.4 is 10.6 Å². The van der Waals surface area contributed by atoms with Crippen molar-refractivity contribution < 1.29 is 9.21 Å². The lowest BCUT2D eigenvalue weighted by Gasteiger charge is -2.22. The van der Waals surface area contributed by atoms with Gasteiger partial charge in [0, 0.05) is 12.1 Å². The molecule has 3 rings (SSSR count). The van der Waals surface area contributed by atoms with Crippen LogP contribution in [-0.4, -0.2) is 21.9 Å². The van der Waals surface area contributed by atoms with Crippen molar-refractivity contribution in [1.29, 1.82) is 0 Å². The first-order valence-corrected chi connectivity index (χ1v) is 7.70. The second kappa shape index (κ2) is 7.06. The molecule has 1 fully saturated rings. The van der Waals surface area contributed by atoms with Gasteiger partial charge in [-0.1, -0.05) is 19.3 Å². The van der Waals surface area contributed by atoms with Crippen molar-refractivity contribution in [3.8, 4) is 0 Å². The Morgan fingerprint density at radius 3 is 2.91 bits per heavy atom. The van der Waals surface area contributed by atoms with E-state index in [4.69, 9.17) is 4.42 Å². The number of anilines is 1. The molecule has 1 amide bonds. The molecule has 0 aromatic carbocycles. The monoisotopic (exact) mass is 300 g/mol. The Balaban J connectivity index is 1.58. The minimum absolute atomic E-state index is 0.129. The first-order chi connectivity index (χ1) is 10.8. The minimum atomic E-state index is -0.129. The maximum atomic E-state index is 12.3. The summed E-state index contributed by atoms with van der Waals surface area (Å²) in [5.41, 5.74) is 0.391. The predicted molar refractivity (Wildman–Crippen MR) is 82.4 cm³/mol. The molecule has 0 saturated heterocycles. The van der Waals surface area contributed by atoms with E-state index in [1.54, 1.807) is 12.3 Å². The van der Waals surface area contributed by atoms with Crippen molar-refractivity contribution >= 4 is 11.7 Å². The quantitative estimate of drug-likeness (QED) is 0.887. The SMILES string of the molecule is O=C(NC1CCCCC1)c1cc(NCc2ccco2)ncn1. The van der Waals surface area contributed by atoms with Crippen LogP contribution in [0.1, 0.15) is 48.4 Å². The molecule has 0 unspecified atom stereocenters. The van der Waals surface area contributed by atoms with E-state index >= 15 is 0 Å². The molecule has 2 N–H and O–H groups in total. The normalized spacial score (nSPS) is 15.5. The third-order valence-electron chi connectivity index (χ3n) is 3.86. The number of carbonyl (C=O) groups excluding carboxylic acids is 1. The number of nitrogens with one attached hydrogen (secondary N) is 2. The molecule has 0 spiro atoms. The van der Waals surface area contributed by atoms with Crippen LogP contribution in [0.25, 0.3) is 0 Å². The van der Waals surface area contributed by atoms with Crippen molar-refractivity contribution in [1.82, 2.24) is 15.3 Å². The molecule has 1 aliphatic rings. The van der Waals surface area contributed by atoms with E-state index in [2.05, 4.69) is 20.6 Å². The van der Waals surface area contributed by atoms with Crippen LogP contribution in [0.5, 0.6) is 0 Å². The second-order valence-electron chi connectivity index (χ2n) is 5.53. The molecule has 0 radical (unpaired) electrons. The van der Waals surface area contributed by atoms with Gasteiger partial charge in [-0.3, -0.25) is 4.79 Å². The zero-order chi connectivity index (χ0) is 15.2. The molecule has 2 aromatic rings. The molecule has 2 heterocycles. The van der Waals surface area contributed by atoms with E-state index in [9.17, 15) is 4.79 Å². The van der Waals surface area contributed by atoms with Gasteiger partial charge in [0.05, 0.1) is 12.8 Å². The third kappa shape index (κ3) is 3.84. The standard InChI is InChI=1S/C16H20N4O2/c21-16(20-12-5-2-1-3-6-12)14-9-15(19-11-18-14)17-10-13-7-4-8-22-13/h4,7-9,11-12H,1-3,5-6,10H2,(H,20,21)(H,17,18,19). The van der Waals surface area contributed by atoms with Crippen LogP contribution >= 0.6 is 0 Å². The number of hydrogen-bond donors (Lipinski definition) is 2. The van der Waals surface area contributed by atoms with Gasteiger partial charge in [-0.25, -0.2) is 9.97 Å². The Hall–Kier alpha value is -2.37. The average molecular weight is 300 g/mol. The highest BCUT2D eigenvalue weighted by atomic mass is 16.3. The first-order valence-electron chi connectivity index (χ1n) is 7.70. The van der Waals surface area contributed by atoms with Crippen LogP contribution in [-0.2, 0) is 6.54 Å². The lowest BCUT2D eigenvalue weighted by molar-refractivity contribution is 0.0922. The summed E-state index contributed by atoms with van der Waals surface area (Å²) in [7, 11) is 0. The average Bonchev–Trinajstić information content (AvgIpc) is 3.08. The first kappa shape index (κ1) is 14.6. The molecule has 22 heavy (non-hydrogen) atoms. The topological polar surface area (TPSA) is 80.0 Å². The molecule has 1 aliphatic carbocycles. The lowest BCUT2D eigenvalue weighted by atomic mass is 9.95. The highest BCUT2D eigenvalue weighted by Crippen LogP contribution is 2.18. The molecule has 0 atom stereocenters. The number of amides is 1. The van der Waals surface area contributed by atoms with Gasteiger partial charge >= 0.3 is 0 Å². The third-order valence-corrected chi connectivity index (χ3v) is 3.86. The Bertz CT molecular complexity index is 606. The fourth-order valence-electron chi connectivity index (χ4n) is 2.68. The van der Waals surface area contributed by atoms with E-state index in [-0.39, 0.29) is 11.9 Å². The highest BCUT2D eigenvalue weighted by molar-refractivity contribution is 5.93. The Morgan fingerprint density at radius 1 is 1.27 bits per heavy atom. The zero-order valence-corrected chi connectivity index (χ0v) is 12.4. The summed E-state index contributed by atoms with van der Waals surface area (Å²) >= 11 is 0. The maximum absolute atomic E-state index is 12.3. The second-order valence-corrected chi connectivity index (χ2v) is 5.53. The van der Waals surface area contributed by atoms with Gasteiger partial charge in [-0.2, -0.15) is 0 Å². The van der Waals surface area contributed by atoms with Crippen LogP contribution in [0.15, 0.2) is 35.2 Å². The number of aromatic nitrogens is 2. The van der Waals surface area contributed by atoms with Crippen molar-refractivity contribution in [2.45, 2.75) is 44.7 Å². The summed E-state index contributed by atoms with van der Waals surface area (Å²) in [4.78, 5) is 20.4. The molecule has 0 aliphatic heterocycles. The Kier molecular flexibility index (Phi) is 4.68. The molecule has 6 heteroatoms. The maximum Gasteiger partial charge on any atom is 0.270 e. The van der Waals surface area contributed by atoms with Crippen molar-refractivity contribution in [2.24, 2.45) is 0 Å². The smallest absolute Gasteiger partial charge is 0.270 e. The van der Waals surface area contributed by atoms with Gasteiger partial charge in [0.15, 0.2) is 0 Å². The lowest BCUT2D eigenvalue weighted by Crippen LogP contribution is -2.36. The molecular weight excluding hydrogens is 280 g/mol. The summed E-state index contributed by atoms with van der Waals surface area (Å²) in [5, 5.41) is 6.18. The van der Waals surface area contributed by atoms with Gasteiger partial charge in [-0.05, 0) is 25.0 Å². The summed E-state index contributed by atoms with van der Waals surface area (Å²) in [5.74, 6) is 1.29. The minimum Gasteiger partial charge on any atom is -0.467 e. The summed E-state index contributed by atoms with van der Waals surface area (Å²) < 4.78 is 5.25. The number of hydrogen-bond acceptors (Lipinski definition) is 5. The number of rotatable bonds is 5. The molecule has 116 valence electrons.